The van der Waals surface area contributed by atoms with Crippen LogP contribution in [0, 0.1) is 0 Å². The highest BCUT2D eigenvalue weighted by Crippen LogP contribution is 2.06. The van der Waals surface area contributed by atoms with Crippen LogP contribution in [0.4, 0.5) is 4.79 Å². The minimum absolute atomic E-state index is 0.0177. The van der Waals surface area contributed by atoms with Gasteiger partial charge in [-0.05, 0) is 5.56 Å². The van der Waals surface area contributed by atoms with Gasteiger partial charge in [-0.25, -0.2) is 14.6 Å². The van der Waals surface area contributed by atoms with Gasteiger partial charge < -0.3 is 19.7 Å². The summed E-state index contributed by atoms with van der Waals surface area (Å²) in [6.45, 7) is 4.07. The Bertz CT molecular complexity index is 697. The third-order valence-electron chi connectivity index (χ3n) is 3.23. The SMILES string of the molecule is C=CCOC(=O)N[C@@H](Cc1cn(Cc2ccccc2)cn1)C(=O)O. The molecule has 0 spiro atoms. The van der Waals surface area contributed by atoms with Gasteiger partial charge in [-0.1, -0.05) is 43.0 Å². The monoisotopic (exact) mass is 329 g/mol. The average molecular weight is 329 g/mol. The van der Waals surface area contributed by atoms with Gasteiger partial charge in [-0.2, -0.15) is 0 Å². The highest BCUT2D eigenvalue weighted by molar-refractivity contribution is 5.80. The number of hydrogen-bond donors (Lipinski definition) is 2. The van der Waals surface area contributed by atoms with Crippen LogP contribution in [-0.4, -0.2) is 39.4 Å². The van der Waals surface area contributed by atoms with E-state index in [9.17, 15) is 14.7 Å². The lowest BCUT2D eigenvalue weighted by Gasteiger charge is -2.12. The quantitative estimate of drug-likeness (QED) is 0.721. The minimum Gasteiger partial charge on any atom is -0.480 e. The van der Waals surface area contributed by atoms with Crippen molar-refractivity contribution in [3.05, 3.63) is 66.8 Å². The first kappa shape index (κ1) is 17.3. The Balaban J connectivity index is 1.96. The van der Waals surface area contributed by atoms with Crippen LogP contribution in [0.1, 0.15) is 11.3 Å². The zero-order valence-electron chi connectivity index (χ0n) is 13.1. The molecule has 2 aromatic rings. The fourth-order valence-corrected chi connectivity index (χ4v) is 2.12. The number of aromatic nitrogens is 2. The van der Waals surface area contributed by atoms with Crippen LogP contribution >= 0.6 is 0 Å². The number of hydrogen-bond acceptors (Lipinski definition) is 4. The van der Waals surface area contributed by atoms with Crippen molar-refractivity contribution in [3.8, 4) is 0 Å². The third-order valence-corrected chi connectivity index (χ3v) is 3.23. The lowest BCUT2D eigenvalue weighted by Crippen LogP contribution is -2.42. The van der Waals surface area contributed by atoms with Crippen molar-refractivity contribution in [2.24, 2.45) is 0 Å². The molecule has 2 N–H and O–H groups in total. The molecule has 24 heavy (non-hydrogen) atoms. The first-order chi connectivity index (χ1) is 11.6. The molecule has 0 saturated carbocycles. The van der Waals surface area contributed by atoms with Crippen LogP contribution in [0.5, 0.6) is 0 Å². The van der Waals surface area contributed by atoms with E-state index in [1.807, 2.05) is 34.9 Å². The molecule has 7 nitrogen and oxygen atoms in total. The molecular formula is C17H19N3O4. The molecule has 1 amide bonds. The van der Waals surface area contributed by atoms with Gasteiger partial charge in [0.2, 0.25) is 0 Å². The average Bonchev–Trinajstić information content (AvgIpc) is 3.00. The molecule has 1 aromatic heterocycles. The topological polar surface area (TPSA) is 93.5 Å². The number of alkyl carbamates (subject to hydrolysis) is 1. The summed E-state index contributed by atoms with van der Waals surface area (Å²) in [4.78, 5) is 27.0. The molecule has 0 aliphatic carbocycles. The predicted octanol–water partition coefficient (Wildman–Crippen LogP) is 1.84. The molecule has 1 atom stereocenters. The van der Waals surface area contributed by atoms with Gasteiger partial charge in [0.15, 0.2) is 0 Å². The standard InChI is InChI=1S/C17H19N3O4/c1-2-8-24-17(23)19-15(16(21)22)9-14-11-20(12-18-14)10-13-6-4-3-5-7-13/h2-7,11-12,15H,1,8-10H2,(H,19,23)(H,21,22)/t15-/m0/s1. The Morgan fingerprint density at radius 2 is 2.12 bits per heavy atom. The number of carbonyl (C=O) groups is 2. The Hall–Kier alpha value is -3.09. The molecule has 0 fully saturated rings. The number of aliphatic carboxylic acids is 1. The zero-order chi connectivity index (χ0) is 17.4. The number of imidazole rings is 1. The number of carboxylic acid groups (broad SMARTS) is 1. The summed E-state index contributed by atoms with van der Waals surface area (Å²) < 4.78 is 6.60. The Morgan fingerprint density at radius 3 is 2.79 bits per heavy atom. The largest absolute Gasteiger partial charge is 0.480 e. The molecule has 7 heteroatoms. The highest BCUT2D eigenvalue weighted by Gasteiger charge is 2.22. The molecule has 0 aliphatic rings. The number of rotatable bonds is 8. The summed E-state index contributed by atoms with van der Waals surface area (Å²) >= 11 is 0. The summed E-state index contributed by atoms with van der Waals surface area (Å²) in [5.74, 6) is -1.15. The number of carbonyl (C=O) groups excluding carboxylic acids is 1. The van der Waals surface area contributed by atoms with E-state index in [4.69, 9.17) is 4.74 Å². The molecule has 1 heterocycles. The van der Waals surface area contributed by atoms with Gasteiger partial charge >= 0.3 is 12.1 Å². The molecule has 2 rings (SSSR count). The van der Waals surface area contributed by atoms with Crippen molar-refractivity contribution in [1.82, 2.24) is 14.9 Å². The summed E-state index contributed by atoms with van der Waals surface area (Å²) in [5.41, 5.74) is 1.68. The van der Waals surface area contributed by atoms with E-state index in [1.54, 1.807) is 12.5 Å². The number of carboxylic acids is 1. The predicted molar refractivity (Wildman–Crippen MR) is 87.6 cm³/mol. The van der Waals surface area contributed by atoms with Gasteiger partial charge in [0.05, 0.1) is 12.0 Å². The van der Waals surface area contributed by atoms with E-state index in [2.05, 4.69) is 16.9 Å². The van der Waals surface area contributed by atoms with E-state index in [0.29, 0.717) is 12.2 Å². The van der Waals surface area contributed by atoms with Gasteiger partial charge in [0, 0.05) is 19.2 Å². The summed E-state index contributed by atoms with van der Waals surface area (Å²) in [6.07, 6.45) is 4.07. The van der Waals surface area contributed by atoms with Crippen molar-refractivity contribution in [2.75, 3.05) is 6.61 Å². The molecular weight excluding hydrogens is 310 g/mol. The lowest BCUT2D eigenvalue weighted by atomic mass is 10.1. The van der Waals surface area contributed by atoms with Crippen LogP contribution in [0.2, 0.25) is 0 Å². The van der Waals surface area contributed by atoms with Crippen molar-refractivity contribution in [3.63, 3.8) is 0 Å². The molecule has 0 unspecified atom stereocenters. The van der Waals surface area contributed by atoms with Crippen LogP contribution in [0.15, 0.2) is 55.5 Å². The van der Waals surface area contributed by atoms with Crippen LogP contribution in [-0.2, 0) is 22.5 Å². The van der Waals surface area contributed by atoms with Crippen molar-refractivity contribution < 1.29 is 19.4 Å². The Labute approximate surface area is 139 Å². The van der Waals surface area contributed by atoms with Gasteiger partial charge in [0.1, 0.15) is 12.6 Å². The third kappa shape index (κ3) is 5.28. The number of nitrogens with zero attached hydrogens (tertiary/aromatic N) is 2. The summed E-state index contributed by atoms with van der Waals surface area (Å²) in [6, 6.07) is 8.73. The molecule has 0 saturated heterocycles. The Morgan fingerprint density at radius 1 is 1.38 bits per heavy atom. The highest BCUT2D eigenvalue weighted by atomic mass is 16.5. The van der Waals surface area contributed by atoms with Crippen molar-refractivity contribution >= 4 is 12.1 Å². The van der Waals surface area contributed by atoms with E-state index in [1.165, 1.54) is 6.08 Å². The van der Waals surface area contributed by atoms with E-state index in [-0.39, 0.29) is 13.0 Å². The number of benzene rings is 1. The van der Waals surface area contributed by atoms with Gasteiger partial charge in [-0.15, -0.1) is 0 Å². The maximum Gasteiger partial charge on any atom is 0.408 e. The van der Waals surface area contributed by atoms with Crippen LogP contribution in [0.25, 0.3) is 0 Å². The molecule has 0 bridgehead atoms. The maximum atomic E-state index is 11.5. The normalized spacial score (nSPS) is 11.5. The zero-order valence-corrected chi connectivity index (χ0v) is 13.1. The smallest absolute Gasteiger partial charge is 0.408 e. The molecule has 1 aromatic carbocycles. The van der Waals surface area contributed by atoms with E-state index < -0.39 is 18.1 Å². The molecule has 126 valence electrons. The first-order valence-electron chi connectivity index (χ1n) is 7.40. The molecule has 0 aliphatic heterocycles. The van der Waals surface area contributed by atoms with Crippen LogP contribution in [0.3, 0.4) is 0 Å². The van der Waals surface area contributed by atoms with Gasteiger partial charge in [-0.3, -0.25) is 0 Å². The fourth-order valence-electron chi connectivity index (χ4n) is 2.12. The van der Waals surface area contributed by atoms with Gasteiger partial charge in [0.25, 0.3) is 0 Å². The lowest BCUT2D eigenvalue weighted by molar-refractivity contribution is -0.139. The van der Waals surface area contributed by atoms with E-state index in [0.717, 1.165) is 5.56 Å². The fraction of sp³-hybridized carbons (Fsp3) is 0.235. The number of amides is 1. The van der Waals surface area contributed by atoms with E-state index >= 15 is 0 Å². The summed E-state index contributed by atoms with van der Waals surface area (Å²) in [7, 11) is 0. The molecule has 0 radical (unpaired) electrons. The second-order valence-corrected chi connectivity index (χ2v) is 5.15. The minimum atomic E-state index is -1.15. The second kappa shape index (κ2) is 8.52. The first-order valence-corrected chi connectivity index (χ1v) is 7.40. The van der Waals surface area contributed by atoms with Crippen molar-refractivity contribution in [1.29, 1.82) is 0 Å². The van der Waals surface area contributed by atoms with Crippen molar-refractivity contribution in [2.45, 2.75) is 19.0 Å². The Kier molecular flexibility index (Phi) is 6.13. The second-order valence-electron chi connectivity index (χ2n) is 5.15. The number of ether oxygens (including phenoxy) is 1. The van der Waals surface area contributed by atoms with Crippen LogP contribution < -0.4 is 5.32 Å². The maximum absolute atomic E-state index is 11.5. The summed E-state index contributed by atoms with van der Waals surface area (Å²) in [5, 5.41) is 11.5. The number of nitrogens with one attached hydrogen (secondary N) is 1.